The number of ether oxygens (including phenoxy) is 2. The van der Waals surface area contributed by atoms with E-state index in [4.69, 9.17) is 55.9 Å². The predicted molar refractivity (Wildman–Crippen MR) is 132 cm³/mol. The second-order valence-corrected chi connectivity index (χ2v) is 8.32. The van der Waals surface area contributed by atoms with E-state index in [1.807, 2.05) is 24.3 Å². The van der Waals surface area contributed by atoms with Gasteiger partial charge < -0.3 is 14.8 Å². The summed E-state index contributed by atoms with van der Waals surface area (Å²) in [4.78, 5) is 12.6. The molecular formula is C24H16Cl4N2O3. The van der Waals surface area contributed by atoms with Crippen molar-refractivity contribution < 1.29 is 14.3 Å². The van der Waals surface area contributed by atoms with Crippen LogP contribution in [0, 0.1) is 11.3 Å². The van der Waals surface area contributed by atoms with Gasteiger partial charge in [0.25, 0.3) is 5.91 Å². The van der Waals surface area contributed by atoms with Crippen molar-refractivity contribution in [3.8, 4) is 17.6 Å². The first kappa shape index (κ1) is 24.8. The van der Waals surface area contributed by atoms with Crippen LogP contribution in [0.3, 0.4) is 0 Å². The zero-order chi connectivity index (χ0) is 24.0. The summed E-state index contributed by atoms with van der Waals surface area (Å²) in [6.07, 6.45) is 1.38. The zero-order valence-electron chi connectivity index (χ0n) is 17.2. The van der Waals surface area contributed by atoms with Crippen LogP contribution in [-0.4, -0.2) is 13.0 Å². The second-order valence-electron chi connectivity index (χ2n) is 6.66. The number of nitrogens with zero attached hydrogens (tertiary/aromatic N) is 1. The van der Waals surface area contributed by atoms with Crippen LogP contribution >= 0.6 is 46.4 Å². The lowest BCUT2D eigenvalue weighted by Gasteiger charge is -2.14. The molecule has 0 radical (unpaired) electrons. The van der Waals surface area contributed by atoms with Crippen molar-refractivity contribution in [1.29, 1.82) is 5.26 Å². The van der Waals surface area contributed by atoms with Gasteiger partial charge in [-0.3, -0.25) is 4.79 Å². The molecule has 1 amide bonds. The average molecular weight is 522 g/mol. The van der Waals surface area contributed by atoms with Gasteiger partial charge >= 0.3 is 0 Å². The molecule has 168 valence electrons. The molecule has 0 aromatic heterocycles. The number of hydrogen-bond acceptors (Lipinski definition) is 4. The zero-order valence-corrected chi connectivity index (χ0v) is 20.2. The molecule has 0 saturated heterocycles. The lowest BCUT2D eigenvalue weighted by atomic mass is 10.1. The Bertz CT molecular complexity index is 1270. The van der Waals surface area contributed by atoms with Crippen LogP contribution in [0.25, 0.3) is 6.08 Å². The molecule has 3 aromatic rings. The molecule has 1 N–H and O–H groups in total. The van der Waals surface area contributed by atoms with Crippen LogP contribution in [0.15, 0.2) is 60.2 Å². The Kier molecular flexibility index (Phi) is 8.49. The number of hydrogen-bond donors (Lipinski definition) is 1. The Morgan fingerprint density at radius 2 is 1.79 bits per heavy atom. The van der Waals surface area contributed by atoms with E-state index >= 15 is 0 Å². The standard InChI is InChI=1S/C24H16Cl4N2O3/c1-32-22-10-14(9-20(28)23(22)33-13-15-4-2-3-5-18(15)26)8-16(12-29)24(31)30-21-11-17(25)6-7-19(21)27/h2-11H,13H2,1H3,(H,30,31)/b16-8+. The van der Waals surface area contributed by atoms with Crippen molar-refractivity contribution in [1.82, 2.24) is 0 Å². The van der Waals surface area contributed by atoms with Gasteiger partial charge in [-0.15, -0.1) is 0 Å². The SMILES string of the molecule is COc1cc(/C=C(\C#N)C(=O)Nc2cc(Cl)ccc2Cl)cc(Cl)c1OCc1ccccc1Cl. The average Bonchev–Trinajstić information content (AvgIpc) is 2.79. The van der Waals surface area contributed by atoms with Crippen LogP contribution in [0.5, 0.6) is 11.5 Å². The highest BCUT2D eigenvalue weighted by Crippen LogP contribution is 2.38. The Morgan fingerprint density at radius 1 is 1.03 bits per heavy atom. The maximum atomic E-state index is 12.6. The van der Waals surface area contributed by atoms with Crippen LogP contribution in [0.1, 0.15) is 11.1 Å². The molecule has 33 heavy (non-hydrogen) atoms. The van der Waals surface area contributed by atoms with E-state index in [-0.39, 0.29) is 27.9 Å². The van der Waals surface area contributed by atoms with Gasteiger partial charge in [0, 0.05) is 15.6 Å². The topological polar surface area (TPSA) is 71.3 Å². The maximum Gasteiger partial charge on any atom is 0.266 e. The van der Waals surface area contributed by atoms with Crippen LogP contribution < -0.4 is 14.8 Å². The van der Waals surface area contributed by atoms with E-state index in [9.17, 15) is 10.1 Å². The fourth-order valence-electron chi connectivity index (χ4n) is 2.83. The number of amides is 1. The van der Waals surface area contributed by atoms with Crippen molar-refractivity contribution in [3.05, 3.63) is 91.4 Å². The molecule has 0 saturated carbocycles. The highest BCUT2D eigenvalue weighted by Gasteiger charge is 2.16. The highest BCUT2D eigenvalue weighted by atomic mass is 35.5. The molecule has 5 nitrogen and oxygen atoms in total. The first-order chi connectivity index (χ1) is 15.8. The molecule has 0 atom stereocenters. The van der Waals surface area contributed by atoms with E-state index in [0.29, 0.717) is 27.1 Å². The number of carbonyl (C=O) groups excluding carboxylic acids is 1. The van der Waals surface area contributed by atoms with Crippen molar-refractivity contribution in [2.45, 2.75) is 6.61 Å². The molecule has 0 heterocycles. The number of halogens is 4. The lowest BCUT2D eigenvalue weighted by molar-refractivity contribution is -0.112. The van der Waals surface area contributed by atoms with Gasteiger partial charge in [-0.1, -0.05) is 64.6 Å². The van der Waals surface area contributed by atoms with Gasteiger partial charge in [0.1, 0.15) is 18.2 Å². The van der Waals surface area contributed by atoms with E-state index in [0.717, 1.165) is 5.56 Å². The van der Waals surface area contributed by atoms with Crippen molar-refractivity contribution in [2.75, 3.05) is 12.4 Å². The number of benzene rings is 3. The van der Waals surface area contributed by atoms with Crippen molar-refractivity contribution >= 4 is 64.1 Å². The Morgan fingerprint density at radius 3 is 2.48 bits per heavy atom. The fourth-order valence-corrected chi connectivity index (χ4v) is 3.63. The minimum absolute atomic E-state index is 0.172. The van der Waals surface area contributed by atoms with Gasteiger partial charge in [-0.05, 0) is 48.0 Å². The van der Waals surface area contributed by atoms with E-state index < -0.39 is 5.91 Å². The van der Waals surface area contributed by atoms with E-state index in [1.54, 1.807) is 30.3 Å². The number of nitriles is 1. The summed E-state index contributed by atoms with van der Waals surface area (Å²) in [5, 5.41) is 13.6. The monoisotopic (exact) mass is 520 g/mol. The van der Waals surface area contributed by atoms with E-state index in [2.05, 4.69) is 5.32 Å². The van der Waals surface area contributed by atoms with Crippen LogP contribution in [0.4, 0.5) is 5.69 Å². The molecule has 0 aliphatic heterocycles. The third-order valence-corrected chi connectivity index (χ3v) is 5.65. The number of carbonyl (C=O) groups is 1. The minimum atomic E-state index is -0.657. The Hall–Kier alpha value is -2.88. The van der Waals surface area contributed by atoms with E-state index in [1.165, 1.54) is 19.3 Å². The molecule has 0 fully saturated rings. The first-order valence-corrected chi connectivity index (χ1v) is 11.0. The summed E-state index contributed by atoms with van der Waals surface area (Å²) >= 11 is 24.6. The number of anilines is 1. The Balaban J connectivity index is 1.85. The largest absolute Gasteiger partial charge is 0.493 e. The summed E-state index contributed by atoms with van der Waals surface area (Å²) in [7, 11) is 1.46. The summed E-state index contributed by atoms with van der Waals surface area (Å²) in [6.45, 7) is 0.178. The van der Waals surface area contributed by atoms with Crippen LogP contribution in [-0.2, 0) is 11.4 Å². The van der Waals surface area contributed by atoms with Gasteiger partial charge in [0.05, 0.1) is 22.8 Å². The van der Waals surface area contributed by atoms with Gasteiger partial charge in [-0.2, -0.15) is 5.26 Å². The van der Waals surface area contributed by atoms with Crippen molar-refractivity contribution in [3.63, 3.8) is 0 Å². The number of methoxy groups -OCH3 is 1. The van der Waals surface area contributed by atoms with Crippen LogP contribution in [0.2, 0.25) is 20.1 Å². The summed E-state index contributed by atoms with van der Waals surface area (Å²) in [5.41, 5.74) is 1.36. The molecule has 3 rings (SSSR count). The minimum Gasteiger partial charge on any atom is -0.493 e. The fraction of sp³-hybridized carbons (Fsp3) is 0.0833. The van der Waals surface area contributed by atoms with Crippen molar-refractivity contribution in [2.24, 2.45) is 0 Å². The lowest BCUT2D eigenvalue weighted by Crippen LogP contribution is -2.13. The Labute approximate surface area is 211 Å². The predicted octanol–water partition coefficient (Wildman–Crippen LogP) is 7.43. The second kappa shape index (κ2) is 11.3. The summed E-state index contributed by atoms with van der Waals surface area (Å²) < 4.78 is 11.2. The summed E-state index contributed by atoms with van der Waals surface area (Å²) in [6, 6.07) is 16.9. The normalized spacial score (nSPS) is 11.0. The van der Waals surface area contributed by atoms with Gasteiger partial charge in [0.2, 0.25) is 0 Å². The number of rotatable bonds is 7. The molecule has 9 heteroatoms. The molecule has 0 aliphatic carbocycles. The molecule has 0 spiro atoms. The maximum absolute atomic E-state index is 12.6. The third kappa shape index (κ3) is 6.34. The highest BCUT2D eigenvalue weighted by molar-refractivity contribution is 6.36. The molecule has 0 bridgehead atoms. The molecule has 0 aliphatic rings. The third-order valence-electron chi connectivity index (χ3n) is 4.43. The molecule has 3 aromatic carbocycles. The summed E-state index contributed by atoms with van der Waals surface area (Å²) in [5.74, 6) is -0.0166. The molecule has 0 unspecified atom stereocenters. The first-order valence-electron chi connectivity index (χ1n) is 9.44. The molecular weight excluding hydrogens is 506 g/mol. The number of nitrogens with one attached hydrogen (secondary N) is 1. The quantitative estimate of drug-likeness (QED) is 0.259. The van der Waals surface area contributed by atoms with Gasteiger partial charge in [0.15, 0.2) is 11.5 Å². The van der Waals surface area contributed by atoms with Gasteiger partial charge in [-0.25, -0.2) is 0 Å². The smallest absolute Gasteiger partial charge is 0.266 e.